The Labute approximate surface area is 140 Å². The zero-order chi connectivity index (χ0) is 16.8. The van der Waals surface area contributed by atoms with Crippen LogP contribution in [0.5, 0.6) is 0 Å². The molecule has 0 bridgehead atoms. The molecule has 1 saturated heterocycles. The average molecular weight is 330 g/mol. The first-order valence-corrected chi connectivity index (χ1v) is 12.2. The fourth-order valence-electron chi connectivity index (χ4n) is 3.97. The summed E-state index contributed by atoms with van der Waals surface area (Å²) < 4.78 is 5.84. The number of rotatable bonds is 0. The van der Waals surface area contributed by atoms with Crippen LogP contribution in [0.3, 0.4) is 0 Å². The number of hydrogen-bond acceptors (Lipinski definition) is 3. The molecule has 0 aliphatic carbocycles. The van der Waals surface area contributed by atoms with Gasteiger partial charge < -0.3 is 4.74 Å². The quantitative estimate of drug-likeness (QED) is 0.388. The van der Waals surface area contributed by atoms with Crippen molar-refractivity contribution in [1.29, 1.82) is 0 Å². The number of hydrogen-bond donors (Lipinski definition) is 0. The van der Waals surface area contributed by atoms with E-state index in [0.29, 0.717) is 6.04 Å². The Morgan fingerprint density at radius 3 is 2.78 bits per heavy atom. The fourth-order valence-corrected chi connectivity index (χ4v) is 4.48. The minimum Gasteiger partial charge on any atom is -0.450 e. The van der Waals surface area contributed by atoms with Crippen LogP contribution in [0.4, 0.5) is 0 Å². The topological polar surface area (TPSA) is 29.5 Å². The van der Waals surface area contributed by atoms with Crippen molar-refractivity contribution < 1.29 is 9.53 Å². The summed E-state index contributed by atoms with van der Waals surface area (Å²) in [5, 5.41) is 0. The summed E-state index contributed by atoms with van der Waals surface area (Å²) in [7, 11) is -1.47. The van der Waals surface area contributed by atoms with Crippen molar-refractivity contribution in [1.82, 2.24) is 4.90 Å². The molecule has 1 fully saturated rings. The normalized spacial score (nSPS) is 34.2. The first-order chi connectivity index (χ1) is 10.7. The van der Waals surface area contributed by atoms with Crippen LogP contribution in [0, 0.1) is 11.5 Å². The van der Waals surface area contributed by atoms with Crippen molar-refractivity contribution in [2.45, 2.75) is 70.4 Å². The van der Waals surface area contributed by atoms with Gasteiger partial charge in [0.2, 0.25) is 0 Å². The summed E-state index contributed by atoms with van der Waals surface area (Å²) >= 11 is 0. The highest BCUT2D eigenvalue weighted by Gasteiger charge is 2.51. The van der Waals surface area contributed by atoms with E-state index in [2.05, 4.69) is 55.9 Å². The van der Waals surface area contributed by atoms with Crippen molar-refractivity contribution in [2.75, 3.05) is 6.54 Å². The maximum Gasteiger partial charge on any atom is 0.332 e. The third kappa shape index (κ3) is 3.05. The highest BCUT2D eigenvalue weighted by molar-refractivity contribution is 6.83. The second kappa shape index (κ2) is 5.65. The van der Waals surface area contributed by atoms with Crippen molar-refractivity contribution >= 4 is 14.0 Å². The van der Waals surface area contributed by atoms with E-state index in [9.17, 15) is 4.79 Å². The lowest BCUT2D eigenvalue weighted by Gasteiger charge is -2.45. The van der Waals surface area contributed by atoms with Crippen LogP contribution in [-0.2, 0) is 9.53 Å². The van der Waals surface area contributed by atoms with Crippen molar-refractivity contribution in [3.8, 4) is 11.5 Å². The third-order valence-electron chi connectivity index (χ3n) is 5.08. The van der Waals surface area contributed by atoms with E-state index in [-0.39, 0.29) is 12.0 Å². The Hall–Kier alpha value is -1.31. The van der Waals surface area contributed by atoms with Gasteiger partial charge in [-0.2, -0.15) is 0 Å². The molecule has 0 amide bonds. The van der Waals surface area contributed by atoms with Crippen molar-refractivity contribution in [3.63, 3.8) is 0 Å². The van der Waals surface area contributed by atoms with E-state index in [4.69, 9.17) is 4.74 Å². The molecule has 0 unspecified atom stereocenters. The van der Waals surface area contributed by atoms with Crippen LogP contribution in [0.2, 0.25) is 19.6 Å². The van der Waals surface area contributed by atoms with Crippen LogP contribution in [0.15, 0.2) is 23.3 Å². The van der Waals surface area contributed by atoms with Gasteiger partial charge in [-0.05, 0) is 33.2 Å². The maximum absolute atomic E-state index is 12.0. The van der Waals surface area contributed by atoms with Gasteiger partial charge in [0.05, 0.1) is 6.04 Å². The minimum absolute atomic E-state index is 0.219. The lowest BCUT2D eigenvalue weighted by atomic mass is 9.81. The molecule has 0 radical (unpaired) electrons. The lowest BCUT2D eigenvalue weighted by Crippen LogP contribution is -2.55. The van der Waals surface area contributed by atoms with E-state index in [1.165, 1.54) is 12.8 Å². The summed E-state index contributed by atoms with van der Waals surface area (Å²) in [5.74, 6) is 3.19. The van der Waals surface area contributed by atoms with Gasteiger partial charge in [0.25, 0.3) is 0 Å². The second-order valence-electron chi connectivity index (χ2n) is 8.16. The predicted molar refractivity (Wildman–Crippen MR) is 95.6 cm³/mol. The Kier molecular flexibility index (Phi) is 4.06. The Bertz CT molecular complexity index is 647. The number of fused-ring (bicyclic) bond motifs is 3. The standard InChI is InChI=1S/C19H27NO2Si/c1-14-12-15(9-11-23(3,4)5)16-13-18(21)22-19(16,2)17-8-6-7-10-20(14)17/h12-14,17H,6-8,10H2,1-5H3/t14-,17+,19-/m0/s1. The molecule has 0 saturated carbocycles. The Morgan fingerprint density at radius 1 is 1.35 bits per heavy atom. The van der Waals surface area contributed by atoms with E-state index in [1.54, 1.807) is 6.08 Å². The number of piperidine rings is 1. The molecule has 3 nitrogen and oxygen atoms in total. The average Bonchev–Trinajstić information content (AvgIpc) is 2.74. The van der Waals surface area contributed by atoms with Gasteiger partial charge in [-0.3, -0.25) is 4.90 Å². The van der Waals surface area contributed by atoms with E-state index in [0.717, 1.165) is 24.1 Å². The SMILES string of the molecule is C[C@H]1C=C(C#C[Si](C)(C)C)C2=CC(=O)O[C@]2(C)[C@H]2CCCCN12. The fraction of sp³-hybridized carbons (Fsp3) is 0.632. The number of ether oxygens (including phenoxy) is 1. The molecule has 4 heteroatoms. The molecule has 3 rings (SSSR count). The molecular weight excluding hydrogens is 302 g/mol. The van der Waals surface area contributed by atoms with E-state index < -0.39 is 13.7 Å². The minimum atomic E-state index is -1.47. The molecule has 124 valence electrons. The highest BCUT2D eigenvalue weighted by atomic mass is 28.3. The van der Waals surface area contributed by atoms with Crippen LogP contribution >= 0.6 is 0 Å². The van der Waals surface area contributed by atoms with Crippen LogP contribution in [-0.4, -0.2) is 43.2 Å². The molecular formula is C19H27NO2Si. The summed E-state index contributed by atoms with van der Waals surface area (Å²) in [6, 6.07) is 0.583. The number of esters is 1. The molecule has 0 aromatic rings. The monoisotopic (exact) mass is 329 g/mol. The van der Waals surface area contributed by atoms with Gasteiger partial charge in [-0.25, -0.2) is 4.79 Å². The predicted octanol–water partition coefficient (Wildman–Crippen LogP) is 3.29. The summed E-state index contributed by atoms with van der Waals surface area (Å²) in [6.07, 6.45) is 7.41. The molecule has 0 aromatic carbocycles. The number of nitrogens with zero attached hydrogens (tertiary/aromatic N) is 1. The van der Waals surface area contributed by atoms with Gasteiger partial charge in [0.15, 0.2) is 5.60 Å². The molecule has 3 aliphatic rings. The van der Waals surface area contributed by atoms with Crippen molar-refractivity contribution in [2.24, 2.45) is 0 Å². The molecule has 0 spiro atoms. The smallest absolute Gasteiger partial charge is 0.332 e. The first-order valence-electron chi connectivity index (χ1n) is 8.67. The van der Waals surface area contributed by atoms with Crippen molar-refractivity contribution in [3.05, 3.63) is 23.3 Å². The van der Waals surface area contributed by atoms with Crippen LogP contribution in [0.1, 0.15) is 33.1 Å². The first kappa shape index (κ1) is 16.5. The van der Waals surface area contributed by atoms with Gasteiger partial charge in [0.1, 0.15) is 8.07 Å². The maximum atomic E-state index is 12.0. The van der Waals surface area contributed by atoms with Gasteiger partial charge in [-0.1, -0.05) is 38.1 Å². The largest absolute Gasteiger partial charge is 0.450 e. The second-order valence-corrected chi connectivity index (χ2v) is 12.9. The van der Waals surface area contributed by atoms with Crippen LogP contribution in [0.25, 0.3) is 0 Å². The zero-order valence-corrected chi connectivity index (χ0v) is 15.9. The molecule has 0 aromatic heterocycles. The van der Waals surface area contributed by atoms with E-state index >= 15 is 0 Å². The number of carbonyl (C=O) groups excluding carboxylic acids is 1. The molecule has 23 heavy (non-hydrogen) atoms. The summed E-state index contributed by atoms with van der Waals surface area (Å²) in [4.78, 5) is 14.5. The van der Waals surface area contributed by atoms with E-state index in [1.807, 2.05) is 0 Å². The van der Waals surface area contributed by atoms with Gasteiger partial charge in [-0.15, -0.1) is 5.54 Å². The summed E-state index contributed by atoms with van der Waals surface area (Å²) in [5.41, 5.74) is 4.90. The molecule has 3 atom stereocenters. The Morgan fingerprint density at radius 2 is 2.09 bits per heavy atom. The molecule has 0 N–H and O–H groups in total. The number of carbonyl (C=O) groups is 1. The lowest BCUT2D eigenvalue weighted by molar-refractivity contribution is -0.151. The Balaban J connectivity index is 2.10. The van der Waals surface area contributed by atoms with Crippen LogP contribution < -0.4 is 0 Å². The zero-order valence-electron chi connectivity index (χ0n) is 14.9. The van der Waals surface area contributed by atoms with Gasteiger partial charge in [0, 0.05) is 23.3 Å². The summed E-state index contributed by atoms with van der Waals surface area (Å²) in [6.45, 7) is 12.1. The molecule has 3 aliphatic heterocycles. The highest BCUT2D eigenvalue weighted by Crippen LogP contribution is 2.44. The van der Waals surface area contributed by atoms with Gasteiger partial charge >= 0.3 is 5.97 Å². The molecule has 3 heterocycles. The third-order valence-corrected chi connectivity index (χ3v) is 5.96.